The molecule has 8 heteroatoms. The molecule has 2 atom stereocenters. The van der Waals surface area contributed by atoms with Crippen LogP contribution in [0.1, 0.15) is 17.9 Å². The molecule has 0 aliphatic heterocycles. The first-order valence-electron chi connectivity index (χ1n) is 7.57. The van der Waals surface area contributed by atoms with Crippen molar-refractivity contribution < 1.29 is 17.9 Å². The number of carbonyl (C=O) groups excluding carboxylic acids is 1. The Hall–Kier alpha value is -2.09. The Morgan fingerprint density at radius 3 is 2.52 bits per heavy atom. The third-order valence-corrected chi connectivity index (χ3v) is 5.35. The summed E-state index contributed by atoms with van der Waals surface area (Å²) in [7, 11) is -2.19. The summed E-state index contributed by atoms with van der Waals surface area (Å²) in [6.07, 6.45) is 0.698. The fraction of sp³-hybridized carbons (Fsp3) is 0.235. The van der Waals surface area contributed by atoms with Crippen molar-refractivity contribution in [3.05, 3.63) is 53.1 Å². The van der Waals surface area contributed by atoms with Crippen molar-refractivity contribution >= 4 is 33.2 Å². The lowest BCUT2D eigenvalue weighted by Gasteiger charge is -2.10. The highest BCUT2D eigenvalue weighted by Gasteiger charge is 2.44. The molecule has 0 spiro atoms. The third-order valence-electron chi connectivity index (χ3n) is 4.18. The number of nitrogens with two attached hydrogens (primary N) is 1. The van der Waals surface area contributed by atoms with Gasteiger partial charge in [-0.3, -0.25) is 4.79 Å². The zero-order valence-electron chi connectivity index (χ0n) is 13.4. The molecule has 1 aliphatic rings. The minimum absolute atomic E-state index is 0.0553. The first kappa shape index (κ1) is 17.7. The van der Waals surface area contributed by atoms with E-state index in [-0.39, 0.29) is 22.6 Å². The molecule has 0 bridgehead atoms. The molecule has 25 heavy (non-hydrogen) atoms. The number of anilines is 1. The molecule has 0 saturated heterocycles. The molecule has 0 radical (unpaired) electrons. The van der Waals surface area contributed by atoms with E-state index < -0.39 is 10.0 Å². The van der Waals surface area contributed by atoms with Gasteiger partial charge in [-0.2, -0.15) is 0 Å². The number of rotatable bonds is 5. The number of hydrogen-bond donors (Lipinski definition) is 2. The minimum Gasteiger partial charge on any atom is -0.495 e. The van der Waals surface area contributed by atoms with Gasteiger partial charge in [0.25, 0.3) is 0 Å². The zero-order valence-corrected chi connectivity index (χ0v) is 15.0. The van der Waals surface area contributed by atoms with E-state index in [0.29, 0.717) is 22.9 Å². The highest BCUT2D eigenvalue weighted by atomic mass is 35.5. The average Bonchev–Trinajstić information content (AvgIpc) is 3.35. The quantitative estimate of drug-likeness (QED) is 0.833. The summed E-state index contributed by atoms with van der Waals surface area (Å²) in [4.78, 5) is 12.5. The first-order valence-corrected chi connectivity index (χ1v) is 9.49. The Morgan fingerprint density at radius 2 is 1.92 bits per heavy atom. The molecule has 3 N–H and O–H groups in total. The van der Waals surface area contributed by atoms with E-state index in [1.165, 1.54) is 19.2 Å². The van der Waals surface area contributed by atoms with Gasteiger partial charge in [0.15, 0.2) is 0 Å². The number of primary sulfonamides is 1. The Kier molecular flexibility index (Phi) is 4.73. The molecule has 2 aromatic rings. The van der Waals surface area contributed by atoms with Crippen LogP contribution in [0.15, 0.2) is 47.4 Å². The molecule has 1 fully saturated rings. The van der Waals surface area contributed by atoms with E-state index in [1.807, 2.05) is 0 Å². The normalized spacial score (nSPS) is 19.3. The van der Waals surface area contributed by atoms with Gasteiger partial charge in [0, 0.05) is 10.9 Å². The largest absolute Gasteiger partial charge is 0.495 e. The van der Waals surface area contributed by atoms with Crippen LogP contribution in [0.4, 0.5) is 5.69 Å². The fourth-order valence-electron chi connectivity index (χ4n) is 2.76. The molecule has 132 valence electrons. The van der Waals surface area contributed by atoms with Crippen LogP contribution in [0, 0.1) is 5.92 Å². The van der Waals surface area contributed by atoms with Crippen LogP contribution in [-0.4, -0.2) is 21.4 Å². The molecule has 0 heterocycles. The summed E-state index contributed by atoms with van der Waals surface area (Å²) >= 11 is 5.96. The number of halogens is 1. The first-order chi connectivity index (χ1) is 11.8. The van der Waals surface area contributed by atoms with Gasteiger partial charge in [-0.1, -0.05) is 23.7 Å². The molecule has 2 aromatic carbocycles. The Morgan fingerprint density at radius 1 is 1.24 bits per heavy atom. The van der Waals surface area contributed by atoms with Gasteiger partial charge in [0.05, 0.1) is 17.7 Å². The predicted octanol–water partition coefficient (Wildman–Crippen LogP) is 2.74. The van der Waals surface area contributed by atoms with Crippen molar-refractivity contribution in [1.29, 1.82) is 0 Å². The van der Waals surface area contributed by atoms with E-state index in [0.717, 1.165) is 5.56 Å². The number of benzene rings is 2. The monoisotopic (exact) mass is 380 g/mol. The van der Waals surface area contributed by atoms with E-state index in [1.54, 1.807) is 30.3 Å². The maximum absolute atomic E-state index is 12.4. The molecule has 1 amide bonds. The topological polar surface area (TPSA) is 98.5 Å². The van der Waals surface area contributed by atoms with Gasteiger partial charge < -0.3 is 10.1 Å². The summed E-state index contributed by atoms with van der Waals surface area (Å²) in [5, 5.41) is 8.42. The average molecular weight is 381 g/mol. The molecule has 1 aliphatic carbocycles. The van der Waals surface area contributed by atoms with Crippen LogP contribution in [0.3, 0.4) is 0 Å². The van der Waals surface area contributed by atoms with Crippen molar-refractivity contribution in [2.75, 3.05) is 12.4 Å². The number of ether oxygens (including phenoxy) is 1. The van der Waals surface area contributed by atoms with E-state index in [4.69, 9.17) is 21.5 Å². The van der Waals surface area contributed by atoms with Gasteiger partial charge in [-0.05, 0) is 48.2 Å². The lowest BCUT2D eigenvalue weighted by atomic mass is 10.1. The Balaban J connectivity index is 1.69. The molecule has 3 rings (SSSR count). The molecule has 0 unspecified atom stereocenters. The Labute approximate surface area is 151 Å². The van der Waals surface area contributed by atoms with Crippen molar-refractivity contribution in [2.45, 2.75) is 17.2 Å². The van der Waals surface area contributed by atoms with Crippen LogP contribution in [0.25, 0.3) is 0 Å². The molecular formula is C17H17ClN2O4S. The van der Waals surface area contributed by atoms with E-state index in [9.17, 15) is 13.2 Å². The molecule has 1 saturated carbocycles. The smallest absolute Gasteiger partial charge is 0.238 e. The second-order valence-electron chi connectivity index (χ2n) is 5.90. The van der Waals surface area contributed by atoms with Crippen LogP contribution in [0.2, 0.25) is 5.02 Å². The highest BCUT2D eigenvalue weighted by Crippen LogP contribution is 2.48. The number of hydrogen-bond acceptors (Lipinski definition) is 4. The van der Waals surface area contributed by atoms with Gasteiger partial charge in [-0.15, -0.1) is 0 Å². The second kappa shape index (κ2) is 6.67. The number of methoxy groups -OCH3 is 1. The van der Waals surface area contributed by atoms with Gasteiger partial charge in [-0.25, -0.2) is 13.6 Å². The standard InChI is InChI=1S/C17H17ClN2O4S/c1-24-16-7-4-11(18)8-15(16)20-17(21)14-9-13(14)10-2-5-12(6-3-10)25(19,22)23/h2-8,13-14H,9H2,1H3,(H,20,21)(H2,19,22,23)/t13-,14+/m0/s1. The molecule has 6 nitrogen and oxygen atoms in total. The van der Waals surface area contributed by atoms with E-state index in [2.05, 4.69) is 5.32 Å². The summed E-state index contributed by atoms with van der Waals surface area (Å²) in [5.41, 5.74) is 1.43. The van der Waals surface area contributed by atoms with Crippen molar-refractivity contribution in [3.63, 3.8) is 0 Å². The number of amides is 1. The van der Waals surface area contributed by atoms with Crippen LogP contribution < -0.4 is 15.2 Å². The summed E-state index contributed by atoms with van der Waals surface area (Å²) < 4.78 is 27.8. The number of carbonyl (C=O) groups is 1. The summed E-state index contributed by atoms with van der Waals surface area (Å²) in [5.74, 6) is 0.289. The van der Waals surface area contributed by atoms with Gasteiger partial charge in [0.1, 0.15) is 5.75 Å². The molecular weight excluding hydrogens is 364 g/mol. The number of nitrogens with one attached hydrogen (secondary N) is 1. The van der Waals surface area contributed by atoms with Crippen molar-refractivity contribution in [2.24, 2.45) is 11.1 Å². The van der Waals surface area contributed by atoms with Crippen molar-refractivity contribution in [1.82, 2.24) is 0 Å². The summed E-state index contributed by atoms with van der Waals surface area (Å²) in [6.45, 7) is 0. The zero-order chi connectivity index (χ0) is 18.2. The van der Waals surface area contributed by atoms with Gasteiger partial charge >= 0.3 is 0 Å². The Bertz CT molecular complexity index is 913. The SMILES string of the molecule is COc1ccc(Cl)cc1NC(=O)[C@@H]1C[C@H]1c1ccc(S(N)(=O)=O)cc1. The number of sulfonamides is 1. The van der Waals surface area contributed by atoms with Gasteiger partial charge in [0.2, 0.25) is 15.9 Å². The van der Waals surface area contributed by atoms with Crippen LogP contribution in [-0.2, 0) is 14.8 Å². The summed E-state index contributed by atoms with van der Waals surface area (Å²) in [6, 6.07) is 11.3. The minimum atomic E-state index is -3.71. The van der Waals surface area contributed by atoms with Crippen LogP contribution >= 0.6 is 11.6 Å². The fourth-order valence-corrected chi connectivity index (χ4v) is 3.45. The maximum Gasteiger partial charge on any atom is 0.238 e. The van der Waals surface area contributed by atoms with E-state index >= 15 is 0 Å². The lowest BCUT2D eigenvalue weighted by molar-refractivity contribution is -0.117. The lowest BCUT2D eigenvalue weighted by Crippen LogP contribution is -2.15. The predicted molar refractivity (Wildman–Crippen MR) is 95.3 cm³/mol. The highest BCUT2D eigenvalue weighted by molar-refractivity contribution is 7.89. The maximum atomic E-state index is 12.4. The third kappa shape index (κ3) is 3.95. The van der Waals surface area contributed by atoms with Crippen molar-refractivity contribution in [3.8, 4) is 5.75 Å². The molecule has 0 aromatic heterocycles. The van der Waals surface area contributed by atoms with Crippen LogP contribution in [0.5, 0.6) is 5.75 Å². The second-order valence-corrected chi connectivity index (χ2v) is 7.89.